The number of hydrogen-bond acceptors (Lipinski definition) is 2. The number of pyridine rings is 1. The van der Waals surface area contributed by atoms with Gasteiger partial charge in [-0.25, -0.2) is 0 Å². The molecule has 0 aliphatic rings. The van der Waals surface area contributed by atoms with E-state index in [1.807, 2.05) is 42.7 Å². The van der Waals surface area contributed by atoms with E-state index in [9.17, 15) is 0 Å². The molecule has 0 saturated heterocycles. The summed E-state index contributed by atoms with van der Waals surface area (Å²) in [6.07, 6.45) is 3.65. The van der Waals surface area contributed by atoms with Crippen molar-refractivity contribution >= 4 is 0 Å². The first kappa shape index (κ1) is 15.2. The number of aromatic amines is 1. The summed E-state index contributed by atoms with van der Waals surface area (Å²) in [4.78, 5) is 7.72. The van der Waals surface area contributed by atoms with Gasteiger partial charge in [-0.05, 0) is 59.2 Å². The summed E-state index contributed by atoms with van der Waals surface area (Å²) in [5.41, 5.74) is 6.78. The molecule has 0 spiro atoms. The normalized spacial score (nSPS) is 10.6. The highest BCUT2D eigenvalue weighted by Crippen LogP contribution is 2.35. The molecule has 0 saturated carbocycles. The molecule has 2 heterocycles. The number of H-pyrrole nitrogens is 1. The van der Waals surface area contributed by atoms with Gasteiger partial charge in [-0.3, -0.25) is 4.98 Å². The van der Waals surface area contributed by atoms with Gasteiger partial charge in [-0.1, -0.05) is 30.3 Å². The van der Waals surface area contributed by atoms with E-state index < -0.39 is 0 Å². The van der Waals surface area contributed by atoms with Crippen molar-refractivity contribution in [2.24, 2.45) is 0 Å². The number of hydrogen-bond donors (Lipinski definition) is 1. The van der Waals surface area contributed by atoms with E-state index in [1.165, 1.54) is 5.56 Å². The lowest BCUT2D eigenvalue weighted by atomic mass is 10.0. The number of nitrogens with zero attached hydrogens (tertiary/aromatic N) is 1. The van der Waals surface area contributed by atoms with Crippen LogP contribution in [0, 0.1) is 0 Å². The standard InChI is InChI=1S/C22H18N2O/c1-25-19-9-7-17(8-10-19)21-15-20(16-11-13-23-14-12-16)22(24-21)18-5-3-2-4-6-18/h2-15,24H,1H3. The van der Waals surface area contributed by atoms with Crippen LogP contribution < -0.4 is 4.74 Å². The fraction of sp³-hybridized carbons (Fsp3) is 0.0455. The van der Waals surface area contributed by atoms with Crippen LogP contribution >= 0.6 is 0 Å². The molecule has 2 aromatic carbocycles. The molecule has 0 bridgehead atoms. The molecule has 0 radical (unpaired) electrons. The summed E-state index contributed by atoms with van der Waals surface area (Å²) < 4.78 is 5.26. The Morgan fingerprint density at radius 1 is 0.760 bits per heavy atom. The number of ether oxygens (including phenoxy) is 1. The zero-order valence-corrected chi connectivity index (χ0v) is 13.9. The van der Waals surface area contributed by atoms with E-state index in [0.717, 1.165) is 33.8 Å². The summed E-state index contributed by atoms with van der Waals surface area (Å²) in [6, 6.07) is 24.7. The minimum atomic E-state index is 0.855. The van der Waals surface area contributed by atoms with E-state index >= 15 is 0 Å². The minimum Gasteiger partial charge on any atom is -0.497 e. The Kier molecular flexibility index (Phi) is 4.05. The van der Waals surface area contributed by atoms with Crippen LogP contribution in [0.15, 0.2) is 85.2 Å². The molecule has 0 amide bonds. The molecule has 2 aromatic heterocycles. The fourth-order valence-electron chi connectivity index (χ4n) is 2.97. The molecular weight excluding hydrogens is 308 g/mol. The van der Waals surface area contributed by atoms with E-state index in [4.69, 9.17) is 4.74 Å². The summed E-state index contributed by atoms with van der Waals surface area (Å²) in [5.74, 6) is 0.855. The van der Waals surface area contributed by atoms with Gasteiger partial charge in [0.05, 0.1) is 12.8 Å². The largest absolute Gasteiger partial charge is 0.497 e. The van der Waals surface area contributed by atoms with Crippen LogP contribution in [0.3, 0.4) is 0 Å². The number of rotatable bonds is 4. The minimum absolute atomic E-state index is 0.855. The highest BCUT2D eigenvalue weighted by atomic mass is 16.5. The molecule has 0 atom stereocenters. The van der Waals surface area contributed by atoms with Gasteiger partial charge in [0.15, 0.2) is 0 Å². The quantitative estimate of drug-likeness (QED) is 0.544. The van der Waals surface area contributed by atoms with Gasteiger partial charge in [0, 0.05) is 23.7 Å². The Labute approximate surface area is 147 Å². The molecule has 25 heavy (non-hydrogen) atoms. The number of benzene rings is 2. The van der Waals surface area contributed by atoms with Crippen molar-refractivity contribution in [2.75, 3.05) is 7.11 Å². The SMILES string of the molecule is COc1ccc(-c2cc(-c3ccncc3)c(-c3ccccc3)[nH]2)cc1. The van der Waals surface area contributed by atoms with E-state index in [0.29, 0.717) is 0 Å². The summed E-state index contributed by atoms with van der Waals surface area (Å²) in [7, 11) is 1.68. The Balaban J connectivity index is 1.86. The molecule has 3 heteroatoms. The first-order valence-corrected chi connectivity index (χ1v) is 8.18. The highest BCUT2D eigenvalue weighted by molar-refractivity contribution is 5.85. The molecule has 0 unspecified atom stereocenters. The van der Waals surface area contributed by atoms with Crippen LogP contribution in [0.1, 0.15) is 0 Å². The molecular formula is C22H18N2O. The molecule has 0 aliphatic heterocycles. The van der Waals surface area contributed by atoms with Crippen molar-refractivity contribution in [1.82, 2.24) is 9.97 Å². The van der Waals surface area contributed by atoms with E-state index in [-0.39, 0.29) is 0 Å². The van der Waals surface area contributed by atoms with E-state index in [1.54, 1.807) is 7.11 Å². The van der Waals surface area contributed by atoms with Crippen molar-refractivity contribution in [3.05, 3.63) is 85.2 Å². The maximum Gasteiger partial charge on any atom is 0.118 e. The van der Waals surface area contributed by atoms with Gasteiger partial charge in [0.25, 0.3) is 0 Å². The van der Waals surface area contributed by atoms with Gasteiger partial charge >= 0.3 is 0 Å². The van der Waals surface area contributed by atoms with E-state index in [2.05, 4.69) is 52.4 Å². The van der Waals surface area contributed by atoms with Crippen molar-refractivity contribution in [3.63, 3.8) is 0 Å². The third-order valence-corrected chi connectivity index (χ3v) is 4.27. The maximum absolute atomic E-state index is 5.26. The Morgan fingerprint density at radius 3 is 2.16 bits per heavy atom. The van der Waals surface area contributed by atoms with Crippen LogP contribution in [0.5, 0.6) is 5.75 Å². The van der Waals surface area contributed by atoms with Crippen molar-refractivity contribution in [1.29, 1.82) is 0 Å². The van der Waals surface area contributed by atoms with Crippen molar-refractivity contribution in [2.45, 2.75) is 0 Å². The third kappa shape index (κ3) is 3.04. The average Bonchev–Trinajstić information content (AvgIpc) is 3.15. The Hall–Kier alpha value is -3.33. The molecule has 0 fully saturated rings. The molecule has 3 nitrogen and oxygen atoms in total. The molecule has 1 N–H and O–H groups in total. The van der Waals surface area contributed by atoms with Crippen LogP contribution in [0.2, 0.25) is 0 Å². The predicted molar refractivity (Wildman–Crippen MR) is 101 cm³/mol. The Morgan fingerprint density at radius 2 is 1.48 bits per heavy atom. The lowest BCUT2D eigenvalue weighted by molar-refractivity contribution is 0.415. The van der Waals surface area contributed by atoms with Crippen LogP contribution in [-0.2, 0) is 0 Å². The fourth-order valence-corrected chi connectivity index (χ4v) is 2.97. The number of aromatic nitrogens is 2. The lowest BCUT2D eigenvalue weighted by Gasteiger charge is -2.04. The summed E-state index contributed by atoms with van der Waals surface area (Å²) in [5, 5.41) is 0. The van der Waals surface area contributed by atoms with Crippen LogP contribution in [0.25, 0.3) is 33.6 Å². The van der Waals surface area contributed by atoms with Gasteiger partial charge in [-0.15, -0.1) is 0 Å². The van der Waals surface area contributed by atoms with Gasteiger partial charge in [0.2, 0.25) is 0 Å². The van der Waals surface area contributed by atoms with Gasteiger partial charge < -0.3 is 9.72 Å². The second kappa shape index (κ2) is 6.65. The second-order valence-corrected chi connectivity index (χ2v) is 5.80. The first-order chi connectivity index (χ1) is 12.3. The molecule has 4 aromatic rings. The lowest BCUT2D eigenvalue weighted by Crippen LogP contribution is -1.83. The second-order valence-electron chi connectivity index (χ2n) is 5.80. The average molecular weight is 326 g/mol. The van der Waals surface area contributed by atoms with Crippen LogP contribution in [-0.4, -0.2) is 17.1 Å². The van der Waals surface area contributed by atoms with Crippen LogP contribution in [0.4, 0.5) is 0 Å². The molecule has 0 aliphatic carbocycles. The van der Waals surface area contributed by atoms with Crippen molar-refractivity contribution < 1.29 is 4.74 Å². The van der Waals surface area contributed by atoms with Crippen molar-refractivity contribution in [3.8, 4) is 39.4 Å². The first-order valence-electron chi connectivity index (χ1n) is 8.18. The molecule has 4 rings (SSSR count). The smallest absolute Gasteiger partial charge is 0.118 e. The zero-order chi connectivity index (χ0) is 17.1. The Bertz CT molecular complexity index is 901. The van der Waals surface area contributed by atoms with Gasteiger partial charge in [-0.2, -0.15) is 0 Å². The topological polar surface area (TPSA) is 37.9 Å². The predicted octanol–water partition coefficient (Wildman–Crippen LogP) is 5.42. The monoisotopic (exact) mass is 326 g/mol. The number of nitrogens with one attached hydrogen (secondary N) is 1. The maximum atomic E-state index is 5.26. The number of methoxy groups -OCH3 is 1. The molecule has 122 valence electrons. The zero-order valence-electron chi connectivity index (χ0n) is 13.9. The van der Waals surface area contributed by atoms with Gasteiger partial charge in [0.1, 0.15) is 5.75 Å². The summed E-state index contributed by atoms with van der Waals surface area (Å²) >= 11 is 0. The highest BCUT2D eigenvalue weighted by Gasteiger charge is 2.13. The summed E-state index contributed by atoms with van der Waals surface area (Å²) in [6.45, 7) is 0. The third-order valence-electron chi connectivity index (χ3n) is 4.27.